The number of hydrogen-bond donors (Lipinski definition) is 1. The molecule has 9 heavy (non-hydrogen) atoms. The summed E-state index contributed by atoms with van der Waals surface area (Å²) in [4.78, 5) is 0. The Balaban J connectivity index is 2.75. The summed E-state index contributed by atoms with van der Waals surface area (Å²) in [7, 11) is 0. The zero-order valence-corrected chi connectivity index (χ0v) is 8.10. The maximum Gasteiger partial charge on any atom is 0.0431 e. The van der Waals surface area contributed by atoms with E-state index in [2.05, 4.69) is 29.5 Å². The number of alkyl halides is 1. The zero-order chi connectivity index (χ0) is 7.11. The van der Waals surface area contributed by atoms with E-state index in [0.29, 0.717) is 6.61 Å². The molecule has 0 aliphatic rings. The maximum absolute atomic E-state index is 8.43. The lowest BCUT2D eigenvalue weighted by Crippen LogP contribution is -1.90. The van der Waals surface area contributed by atoms with Gasteiger partial charge in [-0.15, -0.1) is 0 Å². The normalized spacial score (nSPS) is 13.7. The van der Waals surface area contributed by atoms with Gasteiger partial charge in [-0.25, -0.2) is 0 Å². The fourth-order valence-corrected chi connectivity index (χ4v) is 1.15. The molecule has 1 nitrogen and oxygen atoms in total. The minimum atomic E-state index is 0.357. The highest BCUT2D eigenvalue weighted by molar-refractivity contribution is 14.1. The van der Waals surface area contributed by atoms with Crippen LogP contribution in [0.15, 0.2) is 0 Å². The van der Waals surface area contributed by atoms with Gasteiger partial charge in [0.05, 0.1) is 0 Å². The molecule has 0 rings (SSSR count). The molecule has 0 amide bonds. The van der Waals surface area contributed by atoms with Crippen molar-refractivity contribution in [1.29, 1.82) is 0 Å². The first kappa shape index (κ1) is 9.69. The van der Waals surface area contributed by atoms with Gasteiger partial charge in [0, 0.05) is 10.5 Å². The molecule has 2 heteroatoms. The summed E-state index contributed by atoms with van der Waals surface area (Å²) in [6, 6.07) is 0. The molecule has 0 aromatic rings. The van der Waals surface area contributed by atoms with Crippen molar-refractivity contribution >= 4 is 22.6 Å². The molecule has 0 bridgehead atoms. The van der Waals surface area contributed by atoms with Crippen molar-refractivity contribution in [3.05, 3.63) is 0 Å². The van der Waals surface area contributed by atoms with Gasteiger partial charge in [0.1, 0.15) is 0 Å². The highest BCUT2D eigenvalue weighted by Gasteiger charge is 1.93. The molecule has 0 aliphatic heterocycles. The predicted octanol–water partition coefficient (Wildman–Crippen LogP) is 2.36. The largest absolute Gasteiger partial charge is 0.396 e. The van der Waals surface area contributed by atoms with Crippen LogP contribution < -0.4 is 0 Å². The van der Waals surface area contributed by atoms with Crippen LogP contribution in [0.2, 0.25) is 0 Å². The van der Waals surface area contributed by atoms with Crippen LogP contribution in [0.1, 0.15) is 32.6 Å². The molecular formula is C7H15IO. The van der Waals surface area contributed by atoms with E-state index in [4.69, 9.17) is 5.11 Å². The number of unbranched alkanes of at least 4 members (excludes halogenated alkanes) is 2. The molecular weight excluding hydrogens is 227 g/mol. The van der Waals surface area contributed by atoms with Crippen molar-refractivity contribution in [1.82, 2.24) is 0 Å². The third kappa shape index (κ3) is 8.69. The number of rotatable bonds is 5. The van der Waals surface area contributed by atoms with Gasteiger partial charge in [-0.1, -0.05) is 42.4 Å². The van der Waals surface area contributed by atoms with Gasteiger partial charge in [0.25, 0.3) is 0 Å². The monoisotopic (exact) mass is 242 g/mol. The van der Waals surface area contributed by atoms with Crippen molar-refractivity contribution in [2.45, 2.75) is 36.5 Å². The Bertz CT molecular complexity index is 54.9. The highest BCUT2D eigenvalue weighted by Crippen LogP contribution is 2.09. The second-order valence-electron chi connectivity index (χ2n) is 2.35. The standard InChI is InChI=1S/C7H15IO/c1-7(8)5-3-2-4-6-9/h7,9H,2-6H2,1H3/t7-/m0/s1. The molecule has 0 heterocycles. The summed E-state index contributed by atoms with van der Waals surface area (Å²) in [5.41, 5.74) is 0. The first-order chi connectivity index (χ1) is 4.27. The molecule has 0 aliphatic carbocycles. The van der Waals surface area contributed by atoms with E-state index in [9.17, 15) is 0 Å². The summed E-state index contributed by atoms with van der Waals surface area (Å²) in [5.74, 6) is 0. The minimum Gasteiger partial charge on any atom is -0.396 e. The van der Waals surface area contributed by atoms with Gasteiger partial charge in [-0.2, -0.15) is 0 Å². The van der Waals surface area contributed by atoms with Crippen LogP contribution in [0.3, 0.4) is 0 Å². The fourth-order valence-electron chi connectivity index (χ4n) is 0.714. The summed E-state index contributed by atoms with van der Waals surface area (Å²) in [6.45, 7) is 2.58. The average Bonchev–Trinajstić information content (AvgIpc) is 1.80. The maximum atomic E-state index is 8.43. The molecule has 0 saturated heterocycles. The quantitative estimate of drug-likeness (QED) is 0.445. The third-order valence-electron chi connectivity index (χ3n) is 1.26. The minimum absolute atomic E-state index is 0.357. The van der Waals surface area contributed by atoms with Crippen molar-refractivity contribution < 1.29 is 5.11 Å². The van der Waals surface area contributed by atoms with Crippen molar-refractivity contribution in [3.8, 4) is 0 Å². The number of aliphatic hydroxyl groups excluding tert-OH is 1. The fraction of sp³-hybridized carbons (Fsp3) is 1.00. The van der Waals surface area contributed by atoms with Crippen molar-refractivity contribution in [2.24, 2.45) is 0 Å². The Morgan fingerprint density at radius 3 is 2.44 bits per heavy atom. The lowest BCUT2D eigenvalue weighted by atomic mass is 10.2. The third-order valence-corrected chi connectivity index (χ3v) is 1.88. The summed E-state index contributed by atoms with van der Waals surface area (Å²) < 4.78 is 0.793. The van der Waals surface area contributed by atoms with Gasteiger partial charge in [0.15, 0.2) is 0 Å². The van der Waals surface area contributed by atoms with Gasteiger partial charge in [0.2, 0.25) is 0 Å². The lowest BCUT2D eigenvalue weighted by molar-refractivity contribution is 0.282. The lowest BCUT2D eigenvalue weighted by Gasteiger charge is -2.00. The smallest absolute Gasteiger partial charge is 0.0431 e. The highest BCUT2D eigenvalue weighted by atomic mass is 127. The molecule has 0 radical (unpaired) electrons. The summed E-state index contributed by atoms with van der Waals surface area (Å²) >= 11 is 2.43. The topological polar surface area (TPSA) is 20.2 Å². The van der Waals surface area contributed by atoms with Gasteiger partial charge in [-0.05, 0) is 12.8 Å². The van der Waals surface area contributed by atoms with E-state index in [1.807, 2.05) is 0 Å². The number of hydrogen-bond acceptors (Lipinski definition) is 1. The Labute approximate surface area is 71.0 Å². The second kappa shape index (κ2) is 6.81. The van der Waals surface area contributed by atoms with Crippen LogP contribution in [0, 0.1) is 0 Å². The second-order valence-corrected chi connectivity index (χ2v) is 4.48. The Hall–Kier alpha value is 0.690. The van der Waals surface area contributed by atoms with E-state index in [0.717, 1.165) is 10.3 Å². The number of halogens is 1. The van der Waals surface area contributed by atoms with E-state index >= 15 is 0 Å². The Morgan fingerprint density at radius 2 is 2.00 bits per heavy atom. The van der Waals surface area contributed by atoms with E-state index in [1.165, 1.54) is 19.3 Å². The molecule has 0 spiro atoms. The van der Waals surface area contributed by atoms with E-state index in [1.54, 1.807) is 0 Å². The molecule has 0 fully saturated rings. The number of aliphatic hydroxyl groups is 1. The SMILES string of the molecule is C[C@H](I)CCCCCO. The zero-order valence-electron chi connectivity index (χ0n) is 5.94. The Kier molecular flexibility index (Phi) is 7.33. The van der Waals surface area contributed by atoms with Gasteiger partial charge in [-0.3, -0.25) is 0 Å². The van der Waals surface area contributed by atoms with Crippen LogP contribution in [0.4, 0.5) is 0 Å². The molecule has 1 atom stereocenters. The molecule has 0 aromatic carbocycles. The van der Waals surface area contributed by atoms with E-state index < -0.39 is 0 Å². The van der Waals surface area contributed by atoms with Crippen molar-refractivity contribution in [3.63, 3.8) is 0 Å². The van der Waals surface area contributed by atoms with E-state index in [-0.39, 0.29) is 0 Å². The molecule has 0 saturated carbocycles. The first-order valence-corrected chi connectivity index (χ1v) is 4.77. The molecule has 56 valence electrons. The van der Waals surface area contributed by atoms with Gasteiger partial charge < -0.3 is 5.11 Å². The van der Waals surface area contributed by atoms with Crippen LogP contribution in [-0.4, -0.2) is 15.6 Å². The molecule has 0 unspecified atom stereocenters. The average molecular weight is 242 g/mol. The molecule has 1 N–H and O–H groups in total. The first-order valence-electron chi connectivity index (χ1n) is 3.52. The summed E-state index contributed by atoms with van der Waals surface area (Å²) in [6.07, 6.45) is 4.72. The van der Waals surface area contributed by atoms with Crippen LogP contribution in [0.5, 0.6) is 0 Å². The predicted molar refractivity (Wildman–Crippen MR) is 49.0 cm³/mol. The Morgan fingerprint density at radius 1 is 1.33 bits per heavy atom. The summed E-state index contributed by atoms with van der Waals surface area (Å²) in [5, 5.41) is 8.43. The van der Waals surface area contributed by atoms with Crippen molar-refractivity contribution in [2.75, 3.05) is 6.61 Å². The van der Waals surface area contributed by atoms with Crippen LogP contribution in [-0.2, 0) is 0 Å². The van der Waals surface area contributed by atoms with Crippen LogP contribution >= 0.6 is 22.6 Å². The van der Waals surface area contributed by atoms with Gasteiger partial charge >= 0.3 is 0 Å². The molecule has 0 aromatic heterocycles. The van der Waals surface area contributed by atoms with Crippen LogP contribution in [0.25, 0.3) is 0 Å².